The van der Waals surface area contributed by atoms with Gasteiger partial charge in [-0.1, -0.05) is 44.7 Å². The highest BCUT2D eigenvalue weighted by Crippen LogP contribution is 2.27. The van der Waals surface area contributed by atoms with Crippen molar-refractivity contribution in [1.29, 1.82) is 0 Å². The van der Waals surface area contributed by atoms with Crippen LogP contribution in [0.5, 0.6) is 11.5 Å². The molecule has 0 N–H and O–H groups in total. The van der Waals surface area contributed by atoms with Crippen molar-refractivity contribution in [2.75, 3.05) is 6.61 Å². The Hall–Kier alpha value is -2.36. The van der Waals surface area contributed by atoms with Gasteiger partial charge in [-0.2, -0.15) is 0 Å². The Morgan fingerprint density at radius 2 is 1.83 bits per heavy atom. The molecule has 0 bridgehead atoms. The first kappa shape index (κ1) is 22.3. The van der Waals surface area contributed by atoms with E-state index >= 15 is 0 Å². The number of halogens is 1. The van der Waals surface area contributed by atoms with Crippen LogP contribution in [0.25, 0.3) is 0 Å². The number of ether oxygens (including phenoxy) is 2. The maximum Gasteiger partial charge on any atom is 0.343 e. The summed E-state index contributed by atoms with van der Waals surface area (Å²) < 4.78 is 25.1. The van der Waals surface area contributed by atoms with Crippen molar-refractivity contribution in [2.45, 2.75) is 64.7 Å². The minimum atomic E-state index is -0.572. The molecule has 1 fully saturated rings. The zero-order chi connectivity index (χ0) is 21.2. The molecule has 0 unspecified atom stereocenters. The fraction of sp³-hybridized carbons (Fsp3) is 0.462. The Labute approximate surface area is 179 Å². The third-order valence-corrected chi connectivity index (χ3v) is 5.71. The van der Waals surface area contributed by atoms with Crippen LogP contribution in [0.1, 0.15) is 74.2 Å². The van der Waals surface area contributed by atoms with E-state index in [1.54, 1.807) is 0 Å². The predicted molar refractivity (Wildman–Crippen MR) is 117 cm³/mol. The van der Waals surface area contributed by atoms with Crippen molar-refractivity contribution in [3.05, 3.63) is 65.8 Å². The normalized spacial score (nSPS) is 14.5. The zero-order valence-electron chi connectivity index (χ0n) is 17.9. The minimum Gasteiger partial charge on any atom is -0.491 e. The molecule has 0 heterocycles. The zero-order valence-corrected chi connectivity index (χ0v) is 17.9. The van der Waals surface area contributed by atoms with Gasteiger partial charge in [0.2, 0.25) is 0 Å². The highest BCUT2D eigenvalue weighted by atomic mass is 19.1. The second-order valence-corrected chi connectivity index (χ2v) is 8.08. The van der Waals surface area contributed by atoms with Crippen LogP contribution in [-0.4, -0.2) is 12.6 Å². The van der Waals surface area contributed by atoms with Crippen molar-refractivity contribution in [3.63, 3.8) is 0 Å². The maximum atomic E-state index is 14.2. The Balaban J connectivity index is 1.49. The van der Waals surface area contributed by atoms with Gasteiger partial charge >= 0.3 is 5.97 Å². The van der Waals surface area contributed by atoms with Crippen molar-refractivity contribution in [2.24, 2.45) is 5.92 Å². The summed E-state index contributed by atoms with van der Waals surface area (Å²) in [6.07, 6.45) is 12.7. The highest BCUT2D eigenvalue weighted by Gasteiger charge is 2.14. The number of hydrogen-bond acceptors (Lipinski definition) is 3. The molecule has 3 rings (SSSR count). The largest absolute Gasteiger partial charge is 0.491 e. The van der Waals surface area contributed by atoms with Crippen LogP contribution in [0.3, 0.4) is 0 Å². The summed E-state index contributed by atoms with van der Waals surface area (Å²) in [4.78, 5) is 12.4. The quantitative estimate of drug-likeness (QED) is 0.241. The minimum absolute atomic E-state index is 0.169. The van der Waals surface area contributed by atoms with Crippen molar-refractivity contribution < 1.29 is 18.7 Å². The van der Waals surface area contributed by atoms with Crippen molar-refractivity contribution >= 4 is 5.97 Å². The van der Waals surface area contributed by atoms with Crippen LogP contribution in [0.2, 0.25) is 0 Å². The lowest BCUT2D eigenvalue weighted by atomic mass is 9.85. The predicted octanol–water partition coefficient (Wildman–Crippen LogP) is 6.94. The molecule has 30 heavy (non-hydrogen) atoms. The molecule has 4 heteroatoms. The number of aryl methyl sites for hydroxylation is 1. The molecule has 1 aliphatic rings. The van der Waals surface area contributed by atoms with Gasteiger partial charge in [-0.05, 0) is 80.3 Å². The van der Waals surface area contributed by atoms with E-state index in [9.17, 15) is 9.18 Å². The van der Waals surface area contributed by atoms with Crippen LogP contribution in [0, 0.1) is 18.2 Å². The van der Waals surface area contributed by atoms with Crippen LogP contribution in [0.15, 0.2) is 42.5 Å². The second kappa shape index (κ2) is 11.7. The molecular weight excluding hydrogens is 379 g/mol. The molecular formula is C26H32FO3. The van der Waals surface area contributed by atoms with Crippen LogP contribution in [-0.2, 0) is 6.42 Å². The monoisotopic (exact) mass is 411 g/mol. The van der Waals surface area contributed by atoms with Gasteiger partial charge in [-0.15, -0.1) is 0 Å². The number of hydrogen-bond donors (Lipinski definition) is 0. The lowest BCUT2D eigenvalue weighted by Crippen LogP contribution is -2.10. The molecule has 0 atom stereocenters. The summed E-state index contributed by atoms with van der Waals surface area (Å²) in [6.45, 7) is 2.57. The smallest absolute Gasteiger partial charge is 0.343 e. The summed E-state index contributed by atoms with van der Waals surface area (Å²) >= 11 is 0. The number of benzene rings is 2. The fourth-order valence-corrected chi connectivity index (χ4v) is 3.82. The summed E-state index contributed by atoms with van der Waals surface area (Å²) in [6, 6.07) is 11.8. The first-order valence-corrected chi connectivity index (χ1v) is 11.2. The van der Waals surface area contributed by atoms with E-state index in [1.807, 2.05) is 24.3 Å². The molecule has 0 aliphatic heterocycles. The van der Waals surface area contributed by atoms with Gasteiger partial charge in [-0.3, -0.25) is 0 Å². The molecule has 1 aliphatic carbocycles. The number of carbonyl (C=O) groups is 1. The van der Waals surface area contributed by atoms with E-state index < -0.39 is 11.8 Å². The third kappa shape index (κ3) is 6.86. The molecule has 3 nitrogen and oxygen atoms in total. The van der Waals surface area contributed by atoms with E-state index in [-0.39, 0.29) is 11.3 Å². The number of unbranched alkanes of at least 4 members (excludes halogenated alkanes) is 2. The summed E-state index contributed by atoms with van der Waals surface area (Å²) in [5, 5.41) is 0. The van der Waals surface area contributed by atoms with E-state index in [1.165, 1.54) is 55.9 Å². The fourth-order valence-electron chi connectivity index (χ4n) is 3.82. The van der Waals surface area contributed by atoms with Gasteiger partial charge in [0.25, 0.3) is 0 Å². The Morgan fingerprint density at radius 1 is 1.07 bits per heavy atom. The molecule has 0 aromatic heterocycles. The first-order valence-electron chi connectivity index (χ1n) is 11.2. The first-order chi connectivity index (χ1) is 14.7. The Kier molecular flexibility index (Phi) is 8.73. The molecule has 2 aromatic carbocycles. The van der Waals surface area contributed by atoms with Crippen molar-refractivity contribution in [1.82, 2.24) is 0 Å². The van der Waals surface area contributed by atoms with Crippen LogP contribution in [0.4, 0.5) is 4.39 Å². The average molecular weight is 412 g/mol. The topological polar surface area (TPSA) is 35.5 Å². The second-order valence-electron chi connectivity index (χ2n) is 8.08. The molecule has 161 valence electrons. The summed E-state index contributed by atoms with van der Waals surface area (Å²) in [5.41, 5.74) is 1.42. The SMILES string of the molecule is CCCCCOc1ccc(C(=O)Oc2ccc(CCC3CC[CH]CC3)cc2)cc1F. The molecule has 1 saturated carbocycles. The van der Waals surface area contributed by atoms with Crippen molar-refractivity contribution in [3.8, 4) is 11.5 Å². The summed E-state index contributed by atoms with van der Waals surface area (Å²) in [7, 11) is 0. The van der Waals surface area contributed by atoms with Gasteiger partial charge in [-0.25, -0.2) is 9.18 Å². The standard InChI is InChI=1S/C26H32FO3/c1-2-3-7-18-29-25-17-14-22(19-24(25)27)26(28)30-23-15-12-21(13-16-23)11-10-20-8-5-4-6-9-20/h4,12-17,19-20H,2-3,5-11,18H2,1H3. The van der Waals surface area contributed by atoms with Gasteiger partial charge in [0, 0.05) is 0 Å². The number of carbonyl (C=O) groups excluding carboxylic acids is 1. The number of rotatable bonds is 10. The van der Waals surface area contributed by atoms with Gasteiger partial charge in [0.15, 0.2) is 11.6 Å². The summed E-state index contributed by atoms with van der Waals surface area (Å²) in [5.74, 6) is 0.342. The number of esters is 1. The van der Waals surface area contributed by atoms with Crippen LogP contribution < -0.4 is 9.47 Å². The lowest BCUT2D eigenvalue weighted by molar-refractivity contribution is 0.0734. The average Bonchev–Trinajstić information content (AvgIpc) is 2.78. The van der Waals surface area contributed by atoms with Gasteiger partial charge < -0.3 is 9.47 Å². The lowest BCUT2D eigenvalue weighted by Gasteiger charge is -2.21. The molecule has 1 radical (unpaired) electrons. The molecule has 0 saturated heterocycles. The molecule has 0 spiro atoms. The van der Waals surface area contributed by atoms with E-state index in [0.29, 0.717) is 12.4 Å². The van der Waals surface area contributed by atoms with E-state index in [2.05, 4.69) is 13.3 Å². The maximum absolute atomic E-state index is 14.2. The Morgan fingerprint density at radius 3 is 2.53 bits per heavy atom. The van der Waals surface area contributed by atoms with Crippen LogP contribution >= 0.6 is 0 Å². The van der Waals surface area contributed by atoms with E-state index in [0.717, 1.165) is 31.6 Å². The van der Waals surface area contributed by atoms with E-state index in [4.69, 9.17) is 9.47 Å². The van der Waals surface area contributed by atoms with Gasteiger partial charge in [0.1, 0.15) is 5.75 Å². The molecule has 2 aromatic rings. The Bertz CT molecular complexity index is 794. The molecule has 0 amide bonds. The third-order valence-electron chi connectivity index (χ3n) is 5.71. The highest BCUT2D eigenvalue weighted by molar-refractivity contribution is 5.91. The van der Waals surface area contributed by atoms with Gasteiger partial charge in [0.05, 0.1) is 12.2 Å².